The number of fused-ring (bicyclic) bond motifs is 9. The van der Waals surface area contributed by atoms with Crippen molar-refractivity contribution in [2.45, 2.75) is 129 Å². The number of hydrogen-bond donors (Lipinski definition) is 1. The van der Waals surface area contributed by atoms with Crippen LogP contribution < -0.4 is 0 Å². The monoisotopic (exact) mass is 774 g/mol. The molecule has 0 radical (unpaired) electrons. The quantitative estimate of drug-likeness (QED) is 0.171. The lowest BCUT2D eigenvalue weighted by Gasteiger charge is -2.74. The molecule has 6 rings (SSSR count). The highest BCUT2D eigenvalue weighted by atomic mass is 16.7. The van der Waals surface area contributed by atoms with E-state index in [2.05, 4.69) is 6.58 Å². The summed E-state index contributed by atoms with van der Waals surface area (Å²) in [5, 5.41) is 13.6. The number of allylic oxidation sites excluding steroid dienone is 1. The Kier molecular flexibility index (Phi) is 9.95. The third kappa shape index (κ3) is 5.38. The van der Waals surface area contributed by atoms with E-state index in [1.54, 1.807) is 20.8 Å². The lowest BCUT2D eigenvalue weighted by molar-refractivity contribution is -0.357. The summed E-state index contributed by atoms with van der Waals surface area (Å²) in [6.45, 7) is 17.5. The minimum atomic E-state index is -1.95. The number of aliphatic hydroxyl groups is 1. The molecule has 6 aliphatic rings. The molecule has 1 N–H and O–H groups in total. The topological polar surface area (TPSA) is 200 Å². The van der Waals surface area contributed by atoms with Crippen LogP contribution >= 0.6 is 0 Å². The van der Waals surface area contributed by atoms with E-state index in [0.717, 1.165) is 0 Å². The zero-order chi connectivity index (χ0) is 40.8. The molecule has 0 bridgehead atoms. The van der Waals surface area contributed by atoms with E-state index in [4.69, 9.17) is 37.9 Å². The van der Waals surface area contributed by atoms with E-state index in [0.29, 0.717) is 12.0 Å². The van der Waals surface area contributed by atoms with Crippen molar-refractivity contribution in [1.29, 1.82) is 0 Å². The molecule has 304 valence electrons. The van der Waals surface area contributed by atoms with Crippen LogP contribution in [0.2, 0.25) is 0 Å². The average Bonchev–Trinajstić information content (AvgIpc) is 3.87. The molecule has 0 aromatic carbocycles. The Morgan fingerprint density at radius 1 is 0.873 bits per heavy atom. The zero-order valence-electron chi connectivity index (χ0n) is 33.3. The van der Waals surface area contributed by atoms with Gasteiger partial charge in [0.1, 0.15) is 24.4 Å². The van der Waals surface area contributed by atoms with Crippen LogP contribution in [0.5, 0.6) is 0 Å². The molecule has 0 aromatic heterocycles. The van der Waals surface area contributed by atoms with E-state index in [1.165, 1.54) is 41.7 Å². The van der Waals surface area contributed by atoms with Gasteiger partial charge >= 0.3 is 35.8 Å². The van der Waals surface area contributed by atoms with Crippen LogP contribution in [0.25, 0.3) is 0 Å². The van der Waals surface area contributed by atoms with Crippen LogP contribution in [0.4, 0.5) is 0 Å². The first-order valence-corrected chi connectivity index (χ1v) is 18.8. The molecule has 0 amide bonds. The van der Waals surface area contributed by atoms with Crippen molar-refractivity contribution in [3.05, 3.63) is 24.3 Å². The Bertz CT molecular complexity index is 1720. The predicted molar refractivity (Wildman–Crippen MR) is 188 cm³/mol. The third-order valence-corrected chi connectivity index (χ3v) is 14.4. The van der Waals surface area contributed by atoms with Gasteiger partial charge in [0, 0.05) is 52.4 Å². The summed E-state index contributed by atoms with van der Waals surface area (Å²) in [4.78, 5) is 79.7. The van der Waals surface area contributed by atoms with Crippen LogP contribution in [0.1, 0.15) is 81.6 Å². The fraction of sp³-hybridized carbons (Fsp3) is 0.750. The molecule has 15 nitrogen and oxygen atoms in total. The first-order chi connectivity index (χ1) is 25.5. The van der Waals surface area contributed by atoms with Gasteiger partial charge in [-0.1, -0.05) is 32.6 Å². The molecule has 4 saturated carbocycles. The summed E-state index contributed by atoms with van der Waals surface area (Å²) in [6.07, 6.45) is -3.15. The van der Waals surface area contributed by atoms with Gasteiger partial charge in [-0.2, -0.15) is 0 Å². The molecule has 2 aliphatic heterocycles. The molecule has 0 aromatic rings. The molecule has 5 fully saturated rings. The van der Waals surface area contributed by atoms with Crippen LogP contribution in [0.3, 0.4) is 0 Å². The molecular weight excluding hydrogens is 720 g/mol. The van der Waals surface area contributed by atoms with Gasteiger partial charge in [-0.15, -0.1) is 0 Å². The standard InChI is InChI=1S/C40H54O15/c1-19-17-39(47)27-14-15-35(8)26-13-12-16-49-18-38(26,20(2)50-21(3)41)31(52-23(5)43)28(51-22(4)42)29(35)36(27,9)32(53-24(6)44)33(54-25(7)45)37(39,10)40(30(19)55-40)34(46)48-11/h12-13,20,26-33,47H,1,14-18H2,2-11H3/t20-,26?,27?,28?,29?,30?,31?,32?,33?,35?,36?,37?,38?,39?,40?/m0/s1. The Balaban J connectivity index is 1.71. The van der Waals surface area contributed by atoms with Crippen molar-refractivity contribution in [2.24, 2.45) is 39.4 Å². The predicted octanol–water partition coefficient (Wildman–Crippen LogP) is 2.93. The highest BCUT2D eigenvalue weighted by Gasteiger charge is 2.91. The normalized spacial score (nSPS) is 45.6. The second kappa shape index (κ2) is 13.4. The van der Waals surface area contributed by atoms with Gasteiger partial charge in [-0.05, 0) is 49.5 Å². The van der Waals surface area contributed by atoms with E-state index < -0.39 is 123 Å². The maximum atomic E-state index is 13.9. The fourth-order valence-electron chi connectivity index (χ4n) is 12.7. The number of methoxy groups -OCH3 is 1. The number of hydrogen-bond acceptors (Lipinski definition) is 15. The number of epoxide rings is 1. The first-order valence-electron chi connectivity index (χ1n) is 18.8. The van der Waals surface area contributed by atoms with Crippen LogP contribution in [-0.4, -0.2) is 109 Å². The second-order valence-corrected chi connectivity index (χ2v) is 17.1. The molecule has 2 heterocycles. The lowest BCUT2D eigenvalue weighted by Crippen LogP contribution is -2.84. The molecule has 0 spiro atoms. The number of carbonyl (C=O) groups excluding carboxylic acids is 6. The number of carbonyl (C=O) groups is 6. The third-order valence-electron chi connectivity index (χ3n) is 14.4. The molecule has 1 saturated heterocycles. The summed E-state index contributed by atoms with van der Waals surface area (Å²) >= 11 is 0. The number of ether oxygens (including phenoxy) is 8. The van der Waals surface area contributed by atoms with Crippen molar-refractivity contribution >= 4 is 35.8 Å². The Hall–Kier alpha value is -3.82. The van der Waals surface area contributed by atoms with Crippen molar-refractivity contribution in [1.82, 2.24) is 0 Å². The Labute approximate surface area is 320 Å². The van der Waals surface area contributed by atoms with Crippen LogP contribution in [-0.2, 0) is 66.7 Å². The zero-order valence-corrected chi connectivity index (χ0v) is 33.3. The molecule has 15 heteroatoms. The minimum Gasteiger partial charge on any atom is -0.467 e. The van der Waals surface area contributed by atoms with Crippen LogP contribution in [0.15, 0.2) is 24.3 Å². The lowest BCUT2D eigenvalue weighted by atomic mass is 9.31. The maximum Gasteiger partial charge on any atom is 0.342 e. The number of esters is 6. The summed E-state index contributed by atoms with van der Waals surface area (Å²) in [6, 6.07) is 0. The van der Waals surface area contributed by atoms with E-state index in [-0.39, 0.29) is 26.1 Å². The van der Waals surface area contributed by atoms with Crippen molar-refractivity contribution in [3.63, 3.8) is 0 Å². The van der Waals surface area contributed by atoms with E-state index in [1.807, 2.05) is 19.1 Å². The molecule has 55 heavy (non-hydrogen) atoms. The maximum absolute atomic E-state index is 13.9. The average molecular weight is 775 g/mol. The SMILES string of the molecule is C=C1CC2(O)C3CCC4(C)C(C(OC(C)=O)C(OC(C)=O)C5([C@H](C)OC(C)=O)COCC=CC45)C3(C)C(OC(C)=O)C(OC(C)=O)C2(C)C2(C(=O)OC)OC12. The van der Waals surface area contributed by atoms with Gasteiger partial charge in [0.25, 0.3) is 0 Å². The van der Waals surface area contributed by atoms with Crippen molar-refractivity contribution in [3.8, 4) is 0 Å². The van der Waals surface area contributed by atoms with Crippen molar-refractivity contribution < 1.29 is 71.8 Å². The minimum absolute atomic E-state index is 0.0665. The first kappa shape index (κ1) is 40.8. The summed E-state index contributed by atoms with van der Waals surface area (Å²) < 4.78 is 48.6. The summed E-state index contributed by atoms with van der Waals surface area (Å²) in [7, 11) is 1.19. The largest absolute Gasteiger partial charge is 0.467 e. The van der Waals surface area contributed by atoms with E-state index >= 15 is 0 Å². The molecular formula is C40H54O15. The van der Waals surface area contributed by atoms with Gasteiger partial charge in [-0.25, -0.2) is 4.79 Å². The highest BCUT2D eigenvalue weighted by molar-refractivity contribution is 5.87. The Morgan fingerprint density at radius 2 is 1.45 bits per heavy atom. The highest BCUT2D eigenvalue weighted by Crippen LogP contribution is 2.78. The number of rotatable bonds is 7. The van der Waals surface area contributed by atoms with Crippen molar-refractivity contribution in [2.75, 3.05) is 20.3 Å². The van der Waals surface area contributed by atoms with Gasteiger partial charge in [0.15, 0.2) is 12.2 Å². The second-order valence-electron chi connectivity index (χ2n) is 17.1. The molecule has 14 unspecified atom stereocenters. The summed E-state index contributed by atoms with van der Waals surface area (Å²) in [5.41, 5.74) is -8.97. The van der Waals surface area contributed by atoms with Gasteiger partial charge < -0.3 is 43.0 Å². The molecule has 4 aliphatic carbocycles. The van der Waals surface area contributed by atoms with Crippen LogP contribution in [0, 0.1) is 39.4 Å². The Morgan fingerprint density at radius 3 is 2.02 bits per heavy atom. The van der Waals surface area contributed by atoms with E-state index in [9.17, 15) is 33.9 Å². The smallest absolute Gasteiger partial charge is 0.342 e. The van der Waals surface area contributed by atoms with Gasteiger partial charge in [0.05, 0.1) is 36.8 Å². The summed E-state index contributed by atoms with van der Waals surface area (Å²) in [5.74, 6) is -6.81. The molecule has 15 atom stereocenters. The van der Waals surface area contributed by atoms with Gasteiger partial charge in [0.2, 0.25) is 5.60 Å². The fourth-order valence-corrected chi connectivity index (χ4v) is 12.7. The van der Waals surface area contributed by atoms with Gasteiger partial charge in [-0.3, -0.25) is 24.0 Å².